The molecule has 0 atom stereocenters. The fraction of sp³-hybridized carbons (Fsp3) is 0.364. The number of benzene rings is 2. The van der Waals surface area contributed by atoms with E-state index in [-0.39, 0.29) is 12.0 Å². The van der Waals surface area contributed by atoms with Crippen LogP contribution in [0.5, 0.6) is 17.2 Å². The predicted molar refractivity (Wildman–Crippen MR) is 102 cm³/mol. The zero-order valence-corrected chi connectivity index (χ0v) is 15.8. The Morgan fingerprint density at radius 3 is 2.41 bits per heavy atom. The molecule has 1 saturated heterocycles. The third-order valence-corrected chi connectivity index (χ3v) is 4.10. The minimum atomic E-state index is -0.414. The second-order valence-corrected chi connectivity index (χ2v) is 7.11. The van der Waals surface area contributed by atoms with Crippen molar-refractivity contribution in [2.24, 2.45) is 5.41 Å². The standard InChI is InChI=1S/C22H24O5/c1-22(2)14-25-21(26-15-22)17-8-11-19(24-3)20(13-17)27-18-9-6-16(7-10-18)5-4-12-23/h6-11,13,21,23H,12,14-15H2,1-3H3. The molecule has 0 saturated carbocycles. The van der Waals surface area contributed by atoms with Crippen molar-refractivity contribution in [3.8, 4) is 29.1 Å². The molecule has 0 aromatic heterocycles. The molecule has 0 bridgehead atoms. The molecule has 2 aromatic carbocycles. The zero-order chi connectivity index (χ0) is 19.3. The smallest absolute Gasteiger partial charge is 0.183 e. The van der Waals surface area contributed by atoms with Gasteiger partial charge in [0.2, 0.25) is 0 Å². The van der Waals surface area contributed by atoms with Crippen LogP contribution in [0.2, 0.25) is 0 Å². The molecule has 1 N–H and O–H groups in total. The Morgan fingerprint density at radius 2 is 1.78 bits per heavy atom. The van der Waals surface area contributed by atoms with Crippen LogP contribution < -0.4 is 9.47 Å². The van der Waals surface area contributed by atoms with Gasteiger partial charge in [0.1, 0.15) is 12.4 Å². The number of rotatable bonds is 4. The van der Waals surface area contributed by atoms with Gasteiger partial charge in [-0.2, -0.15) is 0 Å². The highest BCUT2D eigenvalue weighted by atomic mass is 16.7. The fourth-order valence-corrected chi connectivity index (χ4v) is 2.68. The highest BCUT2D eigenvalue weighted by Gasteiger charge is 2.29. The van der Waals surface area contributed by atoms with Crippen molar-refractivity contribution in [1.29, 1.82) is 0 Å². The largest absolute Gasteiger partial charge is 0.493 e. The summed E-state index contributed by atoms with van der Waals surface area (Å²) < 4.78 is 23.1. The van der Waals surface area contributed by atoms with E-state index in [2.05, 4.69) is 25.7 Å². The van der Waals surface area contributed by atoms with E-state index >= 15 is 0 Å². The van der Waals surface area contributed by atoms with Crippen molar-refractivity contribution in [3.05, 3.63) is 53.6 Å². The lowest BCUT2D eigenvalue weighted by atomic mass is 9.95. The Hall–Kier alpha value is -2.52. The Balaban J connectivity index is 1.78. The maximum Gasteiger partial charge on any atom is 0.183 e. The van der Waals surface area contributed by atoms with Crippen LogP contribution in [0, 0.1) is 17.3 Å². The first-order valence-corrected chi connectivity index (χ1v) is 8.79. The summed E-state index contributed by atoms with van der Waals surface area (Å²) in [7, 11) is 1.60. The summed E-state index contributed by atoms with van der Waals surface area (Å²) in [6, 6.07) is 13.0. The van der Waals surface area contributed by atoms with E-state index in [1.165, 1.54) is 0 Å². The van der Waals surface area contributed by atoms with Crippen LogP contribution in [0.15, 0.2) is 42.5 Å². The van der Waals surface area contributed by atoms with Crippen molar-refractivity contribution >= 4 is 0 Å². The average molecular weight is 368 g/mol. The zero-order valence-electron chi connectivity index (χ0n) is 15.8. The summed E-state index contributed by atoms with van der Waals surface area (Å²) in [5.41, 5.74) is 1.71. The number of aliphatic hydroxyl groups is 1. The molecule has 1 aliphatic rings. The molecular formula is C22H24O5. The molecule has 0 radical (unpaired) electrons. The molecule has 5 heteroatoms. The first kappa shape index (κ1) is 19.2. The molecular weight excluding hydrogens is 344 g/mol. The second-order valence-electron chi connectivity index (χ2n) is 7.11. The van der Waals surface area contributed by atoms with Crippen LogP contribution in [0.1, 0.15) is 31.3 Å². The molecule has 1 aliphatic heterocycles. The van der Waals surface area contributed by atoms with E-state index in [9.17, 15) is 0 Å². The van der Waals surface area contributed by atoms with Crippen molar-refractivity contribution in [1.82, 2.24) is 0 Å². The Kier molecular flexibility index (Phi) is 6.02. The first-order chi connectivity index (χ1) is 13.0. The average Bonchev–Trinajstić information content (AvgIpc) is 2.67. The number of hydrogen-bond acceptors (Lipinski definition) is 5. The molecule has 1 fully saturated rings. The van der Waals surface area contributed by atoms with E-state index in [0.29, 0.717) is 30.5 Å². The number of methoxy groups -OCH3 is 1. The molecule has 3 rings (SSSR count). The van der Waals surface area contributed by atoms with Gasteiger partial charge in [0.05, 0.1) is 20.3 Å². The lowest BCUT2D eigenvalue weighted by Gasteiger charge is -2.34. The Morgan fingerprint density at radius 1 is 1.07 bits per heavy atom. The topological polar surface area (TPSA) is 57.2 Å². The molecule has 1 heterocycles. The van der Waals surface area contributed by atoms with Gasteiger partial charge in [-0.25, -0.2) is 0 Å². The van der Waals surface area contributed by atoms with Crippen LogP contribution in [-0.4, -0.2) is 32.0 Å². The van der Waals surface area contributed by atoms with E-state index < -0.39 is 6.29 Å². The lowest BCUT2D eigenvalue weighted by Crippen LogP contribution is -2.33. The van der Waals surface area contributed by atoms with E-state index in [0.717, 1.165) is 11.1 Å². The van der Waals surface area contributed by atoms with Crippen molar-refractivity contribution < 1.29 is 24.1 Å². The van der Waals surface area contributed by atoms with Gasteiger partial charge in [0.25, 0.3) is 0 Å². The van der Waals surface area contributed by atoms with Crippen molar-refractivity contribution in [3.63, 3.8) is 0 Å². The van der Waals surface area contributed by atoms with Gasteiger partial charge in [-0.15, -0.1) is 0 Å². The van der Waals surface area contributed by atoms with Gasteiger partial charge >= 0.3 is 0 Å². The highest BCUT2D eigenvalue weighted by Crippen LogP contribution is 2.37. The molecule has 5 nitrogen and oxygen atoms in total. The SMILES string of the molecule is COc1ccc(C2OCC(C)(C)CO2)cc1Oc1ccc(C#CCO)cc1. The predicted octanol–water partition coefficient (Wildman–Crippen LogP) is 3.90. The molecule has 0 amide bonds. The van der Waals surface area contributed by atoms with Gasteiger partial charge in [0, 0.05) is 16.5 Å². The van der Waals surface area contributed by atoms with Crippen LogP contribution in [0.25, 0.3) is 0 Å². The van der Waals surface area contributed by atoms with Crippen LogP contribution in [-0.2, 0) is 9.47 Å². The summed E-state index contributed by atoms with van der Waals surface area (Å²) in [5, 5.41) is 8.76. The summed E-state index contributed by atoms with van der Waals surface area (Å²) in [6.45, 7) is 5.33. The van der Waals surface area contributed by atoms with Crippen LogP contribution in [0.3, 0.4) is 0 Å². The monoisotopic (exact) mass is 368 g/mol. The molecule has 0 spiro atoms. The Bertz CT molecular complexity index is 820. The number of ether oxygens (including phenoxy) is 4. The van der Waals surface area contributed by atoms with Gasteiger partial charge in [0.15, 0.2) is 17.8 Å². The summed E-state index contributed by atoms with van der Waals surface area (Å²) >= 11 is 0. The molecule has 2 aromatic rings. The highest BCUT2D eigenvalue weighted by molar-refractivity contribution is 5.47. The van der Waals surface area contributed by atoms with Crippen LogP contribution in [0.4, 0.5) is 0 Å². The van der Waals surface area contributed by atoms with Crippen LogP contribution >= 0.6 is 0 Å². The third kappa shape index (κ3) is 5.01. The maximum atomic E-state index is 8.76. The minimum absolute atomic E-state index is 0.0168. The summed E-state index contributed by atoms with van der Waals surface area (Å²) in [5.74, 6) is 7.34. The fourth-order valence-electron chi connectivity index (χ4n) is 2.68. The normalized spacial score (nSPS) is 16.3. The van der Waals surface area contributed by atoms with Gasteiger partial charge in [-0.05, 0) is 36.4 Å². The van der Waals surface area contributed by atoms with E-state index in [4.69, 9.17) is 24.1 Å². The van der Waals surface area contributed by atoms with E-state index in [1.54, 1.807) is 7.11 Å². The van der Waals surface area contributed by atoms with E-state index in [1.807, 2.05) is 42.5 Å². The third-order valence-electron chi connectivity index (χ3n) is 4.10. The van der Waals surface area contributed by atoms with Gasteiger partial charge in [-0.3, -0.25) is 0 Å². The van der Waals surface area contributed by atoms with Crippen molar-refractivity contribution in [2.45, 2.75) is 20.1 Å². The molecule has 27 heavy (non-hydrogen) atoms. The summed E-state index contributed by atoms with van der Waals surface area (Å²) in [6.07, 6.45) is -0.414. The van der Waals surface area contributed by atoms with Gasteiger partial charge in [-0.1, -0.05) is 31.8 Å². The maximum absolute atomic E-state index is 8.76. The number of hydrogen-bond donors (Lipinski definition) is 1. The first-order valence-electron chi connectivity index (χ1n) is 8.79. The minimum Gasteiger partial charge on any atom is -0.493 e. The molecule has 142 valence electrons. The Labute approximate surface area is 159 Å². The quantitative estimate of drug-likeness (QED) is 0.830. The molecule has 0 aliphatic carbocycles. The van der Waals surface area contributed by atoms with Crippen molar-refractivity contribution in [2.75, 3.05) is 26.9 Å². The lowest BCUT2D eigenvalue weighted by molar-refractivity contribution is -0.226. The number of aliphatic hydroxyl groups excluding tert-OH is 1. The van der Waals surface area contributed by atoms with Gasteiger partial charge < -0.3 is 24.1 Å². The summed E-state index contributed by atoms with van der Waals surface area (Å²) in [4.78, 5) is 0. The second kappa shape index (κ2) is 8.45. The molecule has 0 unspecified atom stereocenters.